The molecule has 1 aromatic carbocycles. The third-order valence-corrected chi connectivity index (χ3v) is 3.70. The topological polar surface area (TPSA) is 56.3 Å². The van der Waals surface area contributed by atoms with Crippen molar-refractivity contribution < 1.29 is 25.8 Å². The maximum absolute atomic E-state index is 12.0. The lowest BCUT2D eigenvalue weighted by Crippen LogP contribution is -2.27. The second-order valence-corrected chi connectivity index (χ2v) is 5.46. The van der Waals surface area contributed by atoms with Gasteiger partial charge in [-0.2, -0.15) is 21.6 Å². The highest BCUT2D eigenvalue weighted by Crippen LogP contribution is 2.32. The first-order valence-corrected chi connectivity index (χ1v) is 6.38. The number of alkyl halides is 3. The Balaban J connectivity index is 2.37. The van der Waals surface area contributed by atoms with Gasteiger partial charge in [-0.05, 0) is 12.1 Å². The van der Waals surface area contributed by atoms with Crippen LogP contribution in [-0.4, -0.2) is 18.9 Å². The maximum Gasteiger partial charge on any atom is 0.534 e. The average Bonchev–Trinajstić information content (AvgIpc) is 2.56. The predicted molar refractivity (Wildman–Crippen MR) is 55.2 cm³/mol. The molecule has 0 fully saturated rings. The highest BCUT2D eigenvalue weighted by molar-refractivity contribution is 7.88. The Morgan fingerprint density at radius 2 is 1.88 bits per heavy atom. The van der Waals surface area contributed by atoms with Gasteiger partial charge in [0.1, 0.15) is 0 Å². The molecule has 0 spiro atoms. The summed E-state index contributed by atoms with van der Waals surface area (Å²) in [5, 5.41) is -0.552. The van der Waals surface area contributed by atoms with Crippen molar-refractivity contribution in [2.45, 2.75) is 5.51 Å². The summed E-state index contributed by atoms with van der Waals surface area (Å²) in [6.45, 7) is 0. The Bertz CT molecular complexity index is 614. The normalized spacial score (nSPS) is 12.9. The van der Waals surface area contributed by atoms with Crippen molar-refractivity contribution in [2.24, 2.45) is 0 Å². The van der Waals surface area contributed by atoms with Gasteiger partial charge in [-0.15, -0.1) is 0 Å². The first-order valence-electron chi connectivity index (χ1n) is 4.16. The van der Waals surface area contributed by atoms with Gasteiger partial charge < -0.3 is 4.18 Å². The van der Waals surface area contributed by atoms with Gasteiger partial charge in [0, 0.05) is 0 Å². The monoisotopic (exact) mass is 283 g/mol. The van der Waals surface area contributed by atoms with Crippen LogP contribution in [-0.2, 0) is 10.1 Å². The Hall–Kier alpha value is -1.35. The quantitative estimate of drug-likeness (QED) is 0.627. The van der Waals surface area contributed by atoms with Gasteiger partial charge in [-0.25, -0.2) is 4.98 Å². The molecule has 0 aliphatic carbocycles. The molecule has 0 N–H and O–H groups in total. The van der Waals surface area contributed by atoms with E-state index in [0.29, 0.717) is 10.2 Å². The first kappa shape index (κ1) is 12.1. The number of hydrogen-bond donors (Lipinski definition) is 0. The highest BCUT2D eigenvalue weighted by Gasteiger charge is 2.49. The van der Waals surface area contributed by atoms with Crippen LogP contribution in [0.5, 0.6) is 5.19 Å². The molecular weight excluding hydrogens is 279 g/mol. The van der Waals surface area contributed by atoms with Gasteiger partial charge in [-0.1, -0.05) is 23.5 Å². The Kier molecular flexibility index (Phi) is 2.74. The van der Waals surface area contributed by atoms with Crippen LogP contribution in [0.25, 0.3) is 10.2 Å². The first-order chi connectivity index (χ1) is 7.79. The number of nitrogens with zero attached hydrogens (tertiary/aromatic N) is 1. The number of para-hydroxylation sites is 1. The molecule has 2 aromatic rings. The fraction of sp³-hybridized carbons (Fsp3) is 0.125. The molecule has 4 nitrogen and oxygen atoms in total. The van der Waals surface area contributed by atoms with Gasteiger partial charge in [0.15, 0.2) is 0 Å². The summed E-state index contributed by atoms with van der Waals surface area (Å²) < 4.78 is 62.0. The summed E-state index contributed by atoms with van der Waals surface area (Å²) in [6.07, 6.45) is 0. The van der Waals surface area contributed by atoms with Crippen molar-refractivity contribution in [3.05, 3.63) is 24.3 Å². The zero-order valence-electron chi connectivity index (χ0n) is 7.93. The molecule has 17 heavy (non-hydrogen) atoms. The molecule has 9 heteroatoms. The predicted octanol–water partition coefficient (Wildman–Crippen LogP) is 2.52. The van der Waals surface area contributed by atoms with E-state index in [0.717, 1.165) is 11.3 Å². The van der Waals surface area contributed by atoms with E-state index >= 15 is 0 Å². The van der Waals surface area contributed by atoms with E-state index in [4.69, 9.17) is 0 Å². The Morgan fingerprint density at radius 3 is 2.47 bits per heavy atom. The lowest BCUT2D eigenvalue weighted by Gasteiger charge is -2.05. The minimum atomic E-state index is -5.65. The summed E-state index contributed by atoms with van der Waals surface area (Å²) in [5.74, 6) is 0. The van der Waals surface area contributed by atoms with E-state index in [1.165, 1.54) is 0 Å². The second kappa shape index (κ2) is 3.84. The lowest BCUT2D eigenvalue weighted by atomic mass is 10.3. The highest BCUT2D eigenvalue weighted by atomic mass is 32.2. The number of fused-ring (bicyclic) bond motifs is 1. The number of rotatable bonds is 2. The summed E-state index contributed by atoms with van der Waals surface area (Å²) in [6, 6.07) is 6.42. The number of aromatic nitrogens is 1. The molecule has 0 saturated heterocycles. The number of hydrogen-bond acceptors (Lipinski definition) is 5. The van der Waals surface area contributed by atoms with E-state index in [1.807, 2.05) is 0 Å². The van der Waals surface area contributed by atoms with Gasteiger partial charge in [-0.3, -0.25) is 0 Å². The third-order valence-electron chi connectivity index (χ3n) is 1.74. The fourth-order valence-corrected chi connectivity index (χ4v) is 2.45. The second-order valence-electron chi connectivity index (χ2n) is 2.93. The lowest BCUT2D eigenvalue weighted by molar-refractivity contribution is -0.0500. The number of benzene rings is 1. The third kappa shape index (κ3) is 2.34. The molecule has 92 valence electrons. The molecule has 0 amide bonds. The van der Waals surface area contributed by atoms with E-state index < -0.39 is 20.8 Å². The number of thiazole rings is 1. The van der Waals surface area contributed by atoms with Crippen LogP contribution in [0.3, 0.4) is 0 Å². The molecule has 0 aliphatic rings. The molecule has 0 saturated carbocycles. The zero-order valence-corrected chi connectivity index (χ0v) is 9.56. The summed E-state index contributed by atoms with van der Waals surface area (Å²) >= 11 is 0.728. The van der Waals surface area contributed by atoms with Gasteiger partial charge in [0.2, 0.25) is 0 Å². The molecular formula is C8H4F3NO3S2. The van der Waals surface area contributed by atoms with Crippen LogP contribution in [0.1, 0.15) is 0 Å². The summed E-state index contributed by atoms with van der Waals surface area (Å²) in [4.78, 5) is 3.63. The standard InChI is InChI=1S/C8H4F3NO3S2/c9-8(10,11)17(13,14)15-7-12-5-3-1-2-4-6(5)16-7/h1-4H. The van der Waals surface area contributed by atoms with Crippen LogP contribution in [0.2, 0.25) is 0 Å². The van der Waals surface area contributed by atoms with Crippen LogP contribution in [0.15, 0.2) is 24.3 Å². The molecule has 1 aromatic heterocycles. The molecule has 0 aliphatic heterocycles. The molecule has 0 bridgehead atoms. The van der Waals surface area contributed by atoms with E-state index in [1.54, 1.807) is 24.3 Å². The van der Waals surface area contributed by atoms with Crippen LogP contribution >= 0.6 is 11.3 Å². The van der Waals surface area contributed by atoms with Crippen LogP contribution < -0.4 is 4.18 Å². The van der Waals surface area contributed by atoms with Crippen LogP contribution in [0, 0.1) is 0 Å². The van der Waals surface area contributed by atoms with E-state index in [-0.39, 0.29) is 0 Å². The van der Waals surface area contributed by atoms with Gasteiger partial charge >= 0.3 is 15.6 Å². The van der Waals surface area contributed by atoms with Gasteiger partial charge in [0.25, 0.3) is 5.19 Å². The Morgan fingerprint density at radius 1 is 1.24 bits per heavy atom. The minimum Gasteiger partial charge on any atom is -0.345 e. The van der Waals surface area contributed by atoms with Crippen molar-refractivity contribution in [2.75, 3.05) is 0 Å². The maximum atomic E-state index is 12.0. The molecule has 2 rings (SSSR count). The van der Waals surface area contributed by atoms with Crippen molar-refractivity contribution >= 4 is 31.7 Å². The zero-order chi connectivity index (χ0) is 12.7. The SMILES string of the molecule is O=S(=O)(Oc1nc2ccccc2s1)C(F)(F)F. The fourth-order valence-electron chi connectivity index (χ4n) is 1.03. The van der Waals surface area contributed by atoms with Crippen molar-refractivity contribution in [3.8, 4) is 5.19 Å². The largest absolute Gasteiger partial charge is 0.534 e. The minimum absolute atomic E-state index is 0.380. The number of halogens is 3. The van der Waals surface area contributed by atoms with E-state index in [9.17, 15) is 21.6 Å². The molecule has 0 unspecified atom stereocenters. The van der Waals surface area contributed by atoms with Gasteiger partial charge in [0.05, 0.1) is 10.2 Å². The average molecular weight is 283 g/mol. The van der Waals surface area contributed by atoms with E-state index in [2.05, 4.69) is 9.17 Å². The van der Waals surface area contributed by atoms with Crippen molar-refractivity contribution in [1.29, 1.82) is 0 Å². The molecule has 0 atom stereocenters. The van der Waals surface area contributed by atoms with Crippen LogP contribution in [0.4, 0.5) is 13.2 Å². The summed E-state index contributed by atoms with van der Waals surface area (Å²) in [5.41, 5.74) is -5.07. The van der Waals surface area contributed by atoms with Crippen molar-refractivity contribution in [3.63, 3.8) is 0 Å². The molecule has 0 radical (unpaired) electrons. The Labute approximate surface area is 97.8 Å². The summed E-state index contributed by atoms with van der Waals surface area (Å²) in [7, 11) is -5.65. The smallest absolute Gasteiger partial charge is 0.345 e. The van der Waals surface area contributed by atoms with Crippen molar-refractivity contribution in [1.82, 2.24) is 4.98 Å². The molecule has 1 heterocycles.